The van der Waals surface area contributed by atoms with Crippen LogP contribution in [0.15, 0.2) is 35.4 Å². The summed E-state index contributed by atoms with van der Waals surface area (Å²) in [6.45, 7) is 3.57. The van der Waals surface area contributed by atoms with E-state index in [9.17, 15) is 9.59 Å². The Morgan fingerprint density at radius 2 is 2.12 bits per heavy atom. The van der Waals surface area contributed by atoms with E-state index in [1.165, 1.54) is 7.11 Å². The van der Waals surface area contributed by atoms with E-state index in [0.717, 1.165) is 5.56 Å². The summed E-state index contributed by atoms with van der Waals surface area (Å²) >= 11 is 0. The first-order chi connectivity index (χ1) is 12.0. The molecule has 1 saturated heterocycles. The Morgan fingerprint density at radius 1 is 1.44 bits per heavy atom. The molecule has 0 aliphatic carbocycles. The topological polar surface area (TPSA) is 105 Å². The molecule has 134 valence electrons. The Hall–Kier alpha value is -2.73. The van der Waals surface area contributed by atoms with Gasteiger partial charge in [-0.15, -0.1) is 0 Å². The standard InChI is InChI=1S/C17H22N4O4/c1-11(19-20-18)15-9-14(10-16(22)24-3)21(17(23)25-15)12(2)13-7-5-4-6-8-13/h4-8,11-12,14-15H,9-10H2,1-3H3/t11-,12-,14-,15-/m1/s1. The summed E-state index contributed by atoms with van der Waals surface area (Å²) in [5.74, 6) is -0.403. The lowest BCUT2D eigenvalue weighted by atomic mass is 9.95. The SMILES string of the molecule is COC(=O)C[C@H]1C[C@H]([C@@H](C)N=[N+]=[N-])OC(=O)N1[C@H](C)c1ccccc1. The number of azide groups is 1. The zero-order valence-electron chi connectivity index (χ0n) is 14.5. The van der Waals surface area contributed by atoms with Crippen molar-refractivity contribution in [2.45, 2.75) is 50.9 Å². The summed E-state index contributed by atoms with van der Waals surface area (Å²) in [6.07, 6.45) is -0.653. The zero-order valence-corrected chi connectivity index (χ0v) is 14.5. The highest BCUT2D eigenvalue weighted by Gasteiger charge is 2.41. The van der Waals surface area contributed by atoms with Gasteiger partial charge in [-0.2, -0.15) is 0 Å². The average molecular weight is 346 g/mol. The second kappa shape index (κ2) is 8.39. The highest BCUT2D eigenvalue weighted by Crippen LogP contribution is 2.32. The van der Waals surface area contributed by atoms with Gasteiger partial charge in [0.1, 0.15) is 6.10 Å². The number of carbonyl (C=O) groups is 2. The fourth-order valence-corrected chi connectivity index (χ4v) is 3.04. The van der Waals surface area contributed by atoms with Crippen LogP contribution in [0.25, 0.3) is 10.4 Å². The first kappa shape index (κ1) is 18.6. The second-order valence-corrected chi connectivity index (χ2v) is 6.03. The Morgan fingerprint density at radius 3 is 2.72 bits per heavy atom. The number of hydrogen-bond acceptors (Lipinski definition) is 5. The number of hydrogen-bond donors (Lipinski definition) is 0. The van der Waals surface area contributed by atoms with Crippen LogP contribution in [0.3, 0.4) is 0 Å². The number of methoxy groups -OCH3 is 1. The molecule has 8 nitrogen and oxygen atoms in total. The molecule has 2 rings (SSSR count). The van der Waals surface area contributed by atoms with Gasteiger partial charge in [0.15, 0.2) is 0 Å². The smallest absolute Gasteiger partial charge is 0.410 e. The lowest BCUT2D eigenvalue weighted by molar-refractivity contribution is -0.143. The fraction of sp³-hybridized carbons (Fsp3) is 0.529. The van der Waals surface area contributed by atoms with Gasteiger partial charge >= 0.3 is 12.1 Å². The van der Waals surface area contributed by atoms with Crippen LogP contribution in [0.2, 0.25) is 0 Å². The lowest BCUT2D eigenvalue weighted by Crippen LogP contribution is -2.52. The molecular formula is C17H22N4O4. The van der Waals surface area contributed by atoms with E-state index in [-0.39, 0.29) is 12.5 Å². The van der Waals surface area contributed by atoms with Gasteiger partial charge in [-0.3, -0.25) is 9.69 Å². The van der Waals surface area contributed by atoms with Gasteiger partial charge in [0.25, 0.3) is 0 Å². The molecule has 1 aromatic rings. The molecule has 0 unspecified atom stereocenters. The van der Waals surface area contributed by atoms with Crippen LogP contribution in [-0.2, 0) is 14.3 Å². The van der Waals surface area contributed by atoms with Crippen molar-refractivity contribution < 1.29 is 19.1 Å². The third kappa shape index (κ3) is 4.42. The van der Waals surface area contributed by atoms with Gasteiger partial charge in [-0.25, -0.2) is 4.79 Å². The molecule has 1 aliphatic heterocycles. The first-order valence-corrected chi connectivity index (χ1v) is 8.12. The Kier molecular flexibility index (Phi) is 6.25. The van der Waals surface area contributed by atoms with Crippen molar-refractivity contribution in [2.75, 3.05) is 7.11 Å². The van der Waals surface area contributed by atoms with E-state index in [2.05, 4.69) is 10.0 Å². The van der Waals surface area contributed by atoms with Crippen molar-refractivity contribution in [3.63, 3.8) is 0 Å². The maximum absolute atomic E-state index is 12.6. The molecule has 0 spiro atoms. The lowest BCUT2D eigenvalue weighted by Gasteiger charge is -2.42. The normalized spacial score (nSPS) is 22.4. The molecule has 0 radical (unpaired) electrons. The molecule has 4 atom stereocenters. The monoisotopic (exact) mass is 346 g/mol. The summed E-state index contributed by atoms with van der Waals surface area (Å²) in [6, 6.07) is 8.34. The van der Waals surface area contributed by atoms with Crippen molar-refractivity contribution >= 4 is 12.1 Å². The molecule has 1 amide bonds. The third-order valence-electron chi connectivity index (χ3n) is 4.46. The highest BCUT2D eigenvalue weighted by atomic mass is 16.6. The number of rotatable bonds is 6. The van der Waals surface area contributed by atoms with Crippen LogP contribution in [0.4, 0.5) is 4.79 Å². The first-order valence-electron chi connectivity index (χ1n) is 8.12. The van der Waals surface area contributed by atoms with E-state index in [1.54, 1.807) is 11.8 Å². The van der Waals surface area contributed by atoms with Crippen LogP contribution in [0.1, 0.15) is 38.3 Å². The minimum atomic E-state index is -0.572. The minimum Gasteiger partial charge on any atom is -0.469 e. The fourth-order valence-electron chi connectivity index (χ4n) is 3.04. The van der Waals surface area contributed by atoms with Gasteiger partial charge in [-0.1, -0.05) is 42.4 Å². The molecular weight excluding hydrogens is 324 g/mol. The third-order valence-corrected chi connectivity index (χ3v) is 4.46. The molecule has 0 N–H and O–H groups in total. The van der Waals surface area contributed by atoms with Crippen molar-refractivity contribution in [2.24, 2.45) is 5.11 Å². The molecule has 8 heteroatoms. The van der Waals surface area contributed by atoms with Gasteiger partial charge in [0.05, 0.1) is 25.6 Å². The van der Waals surface area contributed by atoms with E-state index in [4.69, 9.17) is 15.0 Å². The number of nitrogens with zero attached hydrogens (tertiary/aromatic N) is 4. The molecule has 25 heavy (non-hydrogen) atoms. The molecule has 0 saturated carbocycles. The average Bonchev–Trinajstić information content (AvgIpc) is 2.61. The van der Waals surface area contributed by atoms with E-state index < -0.39 is 30.3 Å². The Bertz CT molecular complexity index is 660. The van der Waals surface area contributed by atoms with E-state index >= 15 is 0 Å². The maximum Gasteiger partial charge on any atom is 0.410 e. The number of esters is 1. The van der Waals surface area contributed by atoms with E-state index in [0.29, 0.717) is 6.42 Å². The summed E-state index contributed by atoms with van der Waals surface area (Å²) in [5.41, 5.74) is 9.55. The highest BCUT2D eigenvalue weighted by molar-refractivity contribution is 5.74. The molecule has 1 fully saturated rings. The summed E-state index contributed by atoms with van der Waals surface area (Å²) < 4.78 is 10.2. The predicted octanol–water partition coefficient (Wildman–Crippen LogP) is 3.59. The van der Waals surface area contributed by atoms with Crippen LogP contribution < -0.4 is 0 Å². The van der Waals surface area contributed by atoms with Gasteiger partial charge in [0.2, 0.25) is 0 Å². The summed E-state index contributed by atoms with van der Waals surface area (Å²) in [4.78, 5) is 28.8. The number of benzene rings is 1. The van der Waals surface area contributed by atoms with Crippen molar-refractivity contribution in [1.29, 1.82) is 0 Å². The number of carbonyl (C=O) groups excluding carboxylic acids is 2. The quantitative estimate of drug-likeness (QED) is 0.340. The van der Waals surface area contributed by atoms with Gasteiger partial charge < -0.3 is 9.47 Å². The minimum absolute atomic E-state index is 0.0578. The largest absolute Gasteiger partial charge is 0.469 e. The molecule has 1 heterocycles. The number of ether oxygens (including phenoxy) is 2. The van der Waals surface area contributed by atoms with Gasteiger partial charge in [0, 0.05) is 17.4 Å². The number of amides is 1. The second-order valence-electron chi connectivity index (χ2n) is 6.03. The van der Waals surface area contributed by atoms with Crippen LogP contribution >= 0.6 is 0 Å². The Labute approximate surface area is 146 Å². The molecule has 1 aliphatic rings. The Balaban J connectivity index is 2.27. The summed E-state index contributed by atoms with van der Waals surface area (Å²) in [7, 11) is 1.31. The molecule has 1 aromatic carbocycles. The number of cyclic esters (lactones) is 1. The zero-order chi connectivity index (χ0) is 18.4. The van der Waals surface area contributed by atoms with Gasteiger partial charge in [-0.05, 0) is 18.0 Å². The van der Waals surface area contributed by atoms with Crippen molar-refractivity contribution in [3.8, 4) is 0 Å². The van der Waals surface area contributed by atoms with Crippen LogP contribution in [0, 0.1) is 0 Å². The molecule has 0 aromatic heterocycles. The van der Waals surface area contributed by atoms with Crippen molar-refractivity contribution in [3.05, 3.63) is 46.3 Å². The predicted molar refractivity (Wildman–Crippen MR) is 90.6 cm³/mol. The van der Waals surface area contributed by atoms with Crippen molar-refractivity contribution in [1.82, 2.24) is 4.90 Å². The van der Waals surface area contributed by atoms with E-state index in [1.807, 2.05) is 37.3 Å². The molecule has 0 bridgehead atoms. The van der Waals surface area contributed by atoms with Crippen LogP contribution in [-0.4, -0.2) is 42.3 Å². The van der Waals surface area contributed by atoms with Crippen LogP contribution in [0.5, 0.6) is 0 Å². The maximum atomic E-state index is 12.6. The summed E-state index contributed by atoms with van der Waals surface area (Å²) in [5, 5.41) is 3.61.